The van der Waals surface area contributed by atoms with Crippen molar-refractivity contribution in [3.8, 4) is 0 Å². The quantitative estimate of drug-likeness (QED) is 0.752. The van der Waals surface area contributed by atoms with Crippen LogP contribution in [0.2, 0.25) is 0 Å². The molecule has 0 aromatic carbocycles. The minimum atomic E-state index is 0.0396. The van der Waals surface area contributed by atoms with Crippen molar-refractivity contribution in [1.29, 1.82) is 0 Å². The number of aliphatic hydroxyl groups is 1. The maximum absolute atomic E-state index is 9.31. The maximum Gasteiger partial charge on any atom is 0.135 e. The lowest BCUT2D eigenvalue weighted by molar-refractivity contribution is 0.235. The van der Waals surface area contributed by atoms with E-state index in [0.29, 0.717) is 6.42 Å². The van der Waals surface area contributed by atoms with Crippen LogP contribution in [0.4, 0.5) is 11.6 Å². The van der Waals surface area contributed by atoms with E-state index < -0.39 is 0 Å². The summed E-state index contributed by atoms with van der Waals surface area (Å²) in [5.74, 6) is 2.80. The molecule has 1 aromatic heterocycles. The van der Waals surface area contributed by atoms with Gasteiger partial charge >= 0.3 is 0 Å². The third kappa shape index (κ3) is 4.56. The Balaban J connectivity index is 3.18. The summed E-state index contributed by atoms with van der Waals surface area (Å²) in [7, 11) is 1.87. The molecule has 3 N–H and O–H groups in total. The Bertz CT molecular complexity index is 466. The average Bonchev–Trinajstić information content (AvgIpc) is 2.38. The summed E-state index contributed by atoms with van der Waals surface area (Å²) in [5.41, 5.74) is 1.05. The van der Waals surface area contributed by atoms with Crippen molar-refractivity contribution in [3.63, 3.8) is 0 Å². The van der Waals surface area contributed by atoms with Crippen LogP contribution in [-0.4, -0.2) is 34.8 Å². The number of nitrogens with one attached hydrogen (secondary N) is 2. The fourth-order valence-corrected chi connectivity index (χ4v) is 2.19. The number of hydrogen-bond acceptors (Lipinski definition) is 5. The van der Waals surface area contributed by atoms with Gasteiger partial charge < -0.3 is 15.7 Å². The topological polar surface area (TPSA) is 70.1 Å². The second-order valence-electron chi connectivity index (χ2n) is 6.88. The van der Waals surface area contributed by atoms with Crippen molar-refractivity contribution >= 4 is 11.6 Å². The molecule has 120 valence electrons. The highest BCUT2D eigenvalue weighted by Crippen LogP contribution is 2.29. The highest BCUT2D eigenvalue weighted by molar-refractivity contribution is 5.57. The minimum Gasteiger partial charge on any atom is -0.396 e. The maximum atomic E-state index is 9.31. The fraction of sp³-hybridized carbons (Fsp3) is 0.750. The van der Waals surface area contributed by atoms with Gasteiger partial charge in [-0.3, -0.25) is 0 Å². The summed E-state index contributed by atoms with van der Waals surface area (Å²) < 4.78 is 0. The Labute approximate surface area is 128 Å². The van der Waals surface area contributed by atoms with Crippen LogP contribution in [0.5, 0.6) is 0 Å². The predicted octanol–water partition coefficient (Wildman–Crippen LogP) is 3.16. The average molecular weight is 294 g/mol. The molecule has 0 bridgehead atoms. The lowest BCUT2D eigenvalue weighted by Crippen LogP contribution is -2.35. The van der Waals surface area contributed by atoms with Crippen molar-refractivity contribution in [2.45, 2.75) is 59.9 Å². The van der Waals surface area contributed by atoms with Gasteiger partial charge in [-0.15, -0.1) is 0 Å². The smallest absolute Gasteiger partial charge is 0.135 e. The first-order chi connectivity index (χ1) is 9.70. The van der Waals surface area contributed by atoms with E-state index in [0.717, 1.165) is 23.0 Å². The SMILES string of the molecule is CNc1nc(C(C)C)nc(NC(CCO)C(C)(C)C)c1C. The summed E-state index contributed by atoms with van der Waals surface area (Å²) in [4.78, 5) is 9.23. The minimum absolute atomic E-state index is 0.0396. The Kier molecular flexibility index (Phi) is 5.96. The molecule has 0 aliphatic carbocycles. The molecule has 0 radical (unpaired) electrons. The first-order valence-electron chi connectivity index (χ1n) is 7.64. The zero-order valence-corrected chi connectivity index (χ0v) is 14.4. The molecule has 5 nitrogen and oxygen atoms in total. The van der Waals surface area contributed by atoms with E-state index in [2.05, 4.69) is 55.2 Å². The van der Waals surface area contributed by atoms with Gasteiger partial charge in [0, 0.05) is 31.2 Å². The Hall–Kier alpha value is -1.36. The second kappa shape index (κ2) is 7.07. The molecule has 0 spiro atoms. The van der Waals surface area contributed by atoms with Crippen molar-refractivity contribution in [3.05, 3.63) is 11.4 Å². The van der Waals surface area contributed by atoms with Gasteiger partial charge in [-0.2, -0.15) is 0 Å². The summed E-state index contributed by atoms with van der Waals surface area (Å²) in [5, 5.41) is 15.9. The molecule has 1 atom stereocenters. The number of aliphatic hydroxyl groups excluding tert-OH is 1. The molecule has 0 aliphatic rings. The molecular formula is C16H30N4O. The van der Waals surface area contributed by atoms with Crippen LogP contribution in [-0.2, 0) is 0 Å². The Morgan fingerprint density at radius 1 is 1.14 bits per heavy atom. The van der Waals surface area contributed by atoms with Crippen LogP contribution in [0, 0.1) is 12.3 Å². The van der Waals surface area contributed by atoms with Crippen molar-refractivity contribution in [1.82, 2.24) is 9.97 Å². The number of hydrogen-bond donors (Lipinski definition) is 3. The van der Waals surface area contributed by atoms with Crippen LogP contribution >= 0.6 is 0 Å². The van der Waals surface area contributed by atoms with E-state index in [4.69, 9.17) is 0 Å². The standard InChI is InChI=1S/C16H30N4O/c1-10(2)13-19-14(17-7)11(3)15(20-13)18-12(8-9-21)16(4,5)6/h10,12,21H,8-9H2,1-7H3,(H2,17,18,19,20). The summed E-state index contributed by atoms with van der Waals surface area (Å²) >= 11 is 0. The molecule has 1 unspecified atom stereocenters. The first kappa shape index (κ1) is 17.7. The Morgan fingerprint density at radius 2 is 1.71 bits per heavy atom. The molecule has 0 amide bonds. The molecule has 5 heteroatoms. The Morgan fingerprint density at radius 3 is 2.14 bits per heavy atom. The van der Waals surface area contributed by atoms with Crippen LogP contribution in [0.1, 0.15) is 58.3 Å². The van der Waals surface area contributed by atoms with E-state index in [1.165, 1.54) is 0 Å². The summed E-state index contributed by atoms with van der Waals surface area (Å²) in [6, 6.07) is 0.154. The third-order valence-corrected chi connectivity index (χ3v) is 3.69. The van der Waals surface area contributed by atoms with Crippen molar-refractivity contribution in [2.75, 3.05) is 24.3 Å². The zero-order valence-electron chi connectivity index (χ0n) is 14.4. The lowest BCUT2D eigenvalue weighted by atomic mass is 9.85. The number of rotatable bonds is 6. The normalized spacial score (nSPS) is 13.4. The van der Waals surface area contributed by atoms with Gasteiger partial charge in [-0.1, -0.05) is 34.6 Å². The predicted molar refractivity (Wildman–Crippen MR) is 89.0 cm³/mol. The van der Waals surface area contributed by atoms with Gasteiger partial charge in [0.25, 0.3) is 0 Å². The number of aromatic nitrogens is 2. The molecule has 1 heterocycles. The van der Waals surface area contributed by atoms with E-state index in [1.807, 2.05) is 14.0 Å². The largest absolute Gasteiger partial charge is 0.396 e. The molecule has 0 fully saturated rings. The van der Waals surface area contributed by atoms with Crippen LogP contribution < -0.4 is 10.6 Å². The zero-order chi connectivity index (χ0) is 16.2. The monoisotopic (exact) mass is 294 g/mol. The molecule has 1 aromatic rings. The fourth-order valence-electron chi connectivity index (χ4n) is 2.19. The molecule has 0 saturated carbocycles. The van der Waals surface area contributed by atoms with Crippen LogP contribution in [0.25, 0.3) is 0 Å². The second-order valence-corrected chi connectivity index (χ2v) is 6.88. The van der Waals surface area contributed by atoms with Gasteiger partial charge in [0.05, 0.1) is 0 Å². The highest BCUT2D eigenvalue weighted by atomic mass is 16.3. The highest BCUT2D eigenvalue weighted by Gasteiger charge is 2.25. The van der Waals surface area contributed by atoms with E-state index in [1.54, 1.807) is 0 Å². The summed E-state index contributed by atoms with van der Waals surface area (Å²) in [6.45, 7) is 12.8. The van der Waals surface area contributed by atoms with E-state index >= 15 is 0 Å². The van der Waals surface area contributed by atoms with Gasteiger partial charge in [-0.05, 0) is 18.8 Å². The first-order valence-corrected chi connectivity index (χ1v) is 7.64. The molecule has 1 rings (SSSR count). The van der Waals surface area contributed by atoms with Gasteiger partial charge in [0.1, 0.15) is 17.5 Å². The van der Waals surface area contributed by atoms with Crippen LogP contribution in [0.3, 0.4) is 0 Å². The van der Waals surface area contributed by atoms with Crippen LogP contribution in [0.15, 0.2) is 0 Å². The molecular weight excluding hydrogens is 264 g/mol. The summed E-state index contributed by atoms with van der Waals surface area (Å²) in [6.07, 6.45) is 0.693. The lowest BCUT2D eigenvalue weighted by Gasteiger charge is -2.32. The number of anilines is 2. The third-order valence-electron chi connectivity index (χ3n) is 3.69. The van der Waals surface area contributed by atoms with Crippen molar-refractivity contribution < 1.29 is 5.11 Å². The van der Waals surface area contributed by atoms with Gasteiger partial charge in [-0.25, -0.2) is 9.97 Å². The molecule has 0 saturated heterocycles. The van der Waals surface area contributed by atoms with E-state index in [-0.39, 0.29) is 24.0 Å². The van der Waals surface area contributed by atoms with Crippen molar-refractivity contribution in [2.24, 2.45) is 5.41 Å². The van der Waals surface area contributed by atoms with Gasteiger partial charge in [0.15, 0.2) is 0 Å². The van der Waals surface area contributed by atoms with Gasteiger partial charge in [0.2, 0.25) is 0 Å². The molecule has 0 aliphatic heterocycles. The van der Waals surface area contributed by atoms with E-state index in [9.17, 15) is 5.11 Å². The number of nitrogens with zero attached hydrogens (tertiary/aromatic N) is 2. The molecule has 21 heavy (non-hydrogen) atoms.